The lowest BCUT2D eigenvalue weighted by Crippen LogP contribution is -2.36. The number of benzene rings is 1. The van der Waals surface area contributed by atoms with E-state index in [1.54, 1.807) is 0 Å². The normalized spacial score (nSPS) is 22.3. The van der Waals surface area contributed by atoms with Crippen LogP contribution in [0.1, 0.15) is 36.8 Å². The van der Waals surface area contributed by atoms with Crippen LogP contribution in [0.4, 0.5) is 0 Å². The highest BCUT2D eigenvalue weighted by molar-refractivity contribution is 8.93. The molecule has 1 aromatic carbocycles. The molecule has 214 valence electrons. The Morgan fingerprint density at radius 2 is 0.730 bits per heavy atom. The highest BCUT2D eigenvalue weighted by atomic mass is 79.9. The van der Waals surface area contributed by atoms with Crippen molar-refractivity contribution in [1.29, 1.82) is 0 Å². The van der Waals surface area contributed by atoms with Gasteiger partial charge < -0.3 is 31.9 Å². The van der Waals surface area contributed by atoms with Crippen LogP contribution in [0.3, 0.4) is 0 Å². The average Bonchev–Trinajstić information content (AvgIpc) is 2.89. The van der Waals surface area contributed by atoms with E-state index in [-0.39, 0.29) is 17.0 Å². The lowest BCUT2D eigenvalue weighted by Gasteiger charge is -2.24. The molecule has 8 nitrogen and oxygen atoms in total. The van der Waals surface area contributed by atoms with Gasteiger partial charge in [0.2, 0.25) is 0 Å². The SMILES string of the molecule is Br.c1cc(CN2CCCNCCNCCCNCC2)ccc1CN1CCCNCCNCCCNCC1. The van der Waals surface area contributed by atoms with Crippen molar-refractivity contribution in [2.24, 2.45) is 0 Å². The van der Waals surface area contributed by atoms with E-state index in [9.17, 15) is 0 Å². The highest BCUT2D eigenvalue weighted by Crippen LogP contribution is 2.11. The molecule has 2 saturated heterocycles. The summed E-state index contributed by atoms with van der Waals surface area (Å²) in [4.78, 5) is 5.23. The Balaban J connectivity index is 0.00000481. The van der Waals surface area contributed by atoms with Gasteiger partial charge in [-0.15, -0.1) is 17.0 Å². The molecule has 0 bridgehead atoms. The minimum atomic E-state index is 0. The first-order chi connectivity index (χ1) is 17.9. The molecule has 37 heavy (non-hydrogen) atoms. The second-order valence-corrected chi connectivity index (χ2v) is 10.3. The molecule has 2 heterocycles. The average molecular weight is 584 g/mol. The maximum absolute atomic E-state index is 3.63. The summed E-state index contributed by atoms with van der Waals surface area (Å²) in [5.74, 6) is 0. The molecule has 3 rings (SSSR count). The minimum absolute atomic E-state index is 0. The van der Waals surface area contributed by atoms with E-state index in [0.29, 0.717) is 0 Å². The molecular weight excluding hydrogens is 528 g/mol. The lowest BCUT2D eigenvalue weighted by molar-refractivity contribution is 0.258. The molecule has 2 fully saturated rings. The number of nitrogens with zero attached hydrogens (tertiary/aromatic N) is 2. The van der Waals surface area contributed by atoms with Crippen LogP contribution in [0.5, 0.6) is 0 Å². The molecule has 2 aliphatic rings. The standard InChI is InChI=1S/C28H54N8.BrH/c1-9-29-15-17-31-13-3-21-35(23-19-33-11-1)25-27-5-7-28(8-6-27)26-36-22-4-14-32-18-16-30-10-2-12-34-20-24-36;/h5-8,29-34H,1-4,9-26H2;1H. The molecule has 6 N–H and O–H groups in total. The predicted molar refractivity (Wildman–Crippen MR) is 163 cm³/mol. The van der Waals surface area contributed by atoms with Gasteiger partial charge in [-0.25, -0.2) is 0 Å². The largest absolute Gasteiger partial charge is 0.315 e. The van der Waals surface area contributed by atoms with Gasteiger partial charge in [-0.05, 0) is 89.2 Å². The molecular formula is C28H55BrN8. The van der Waals surface area contributed by atoms with E-state index in [1.165, 1.54) is 36.8 Å². The van der Waals surface area contributed by atoms with Gasteiger partial charge in [-0.1, -0.05) is 24.3 Å². The molecule has 0 aliphatic carbocycles. The first-order valence-corrected chi connectivity index (χ1v) is 14.7. The number of nitrogens with one attached hydrogen (secondary N) is 6. The van der Waals surface area contributed by atoms with E-state index in [1.807, 2.05) is 0 Å². The fourth-order valence-electron chi connectivity index (χ4n) is 4.92. The van der Waals surface area contributed by atoms with Crippen molar-refractivity contribution >= 4 is 17.0 Å². The van der Waals surface area contributed by atoms with E-state index in [0.717, 1.165) is 118 Å². The summed E-state index contributed by atoms with van der Waals surface area (Å²) in [6.45, 7) is 19.6. The zero-order valence-corrected chi connectivity index (χ0v) is 24.9. The Labute approximate surface area is 237 Å². The summed E-state index contributed by atoms with van der Waals surface area (Å²) in [5, 5.41) is 21.4. The van der Waals surface area contributed by atoms with Gasteiger partial charge in [0.15, 0.2) is 0 Å². The van der Waals surface area contributed by atoms with Crippen LogP contribution in [0.15, 0.2) is 24.3 Å². The predicted octanol–water partition coefficient (Wildman–Crippen LogP) is 0.994. The highest BCUT2D eigenvalue weighted by Gasteiger charge is 2.09. The van der Waals surface area contributed by atoms with Gasteiger partial charge in [-0.2, -0.15) is 0 Å². The van der Waals surface area contributed by atoms with E-state index >= 15 is 0 Å². The van der Waals surface area contributed by atoms with Crippen molar-refractivity contribution in [2.45, 2.75) is 38.8 Å². The van der Waals surface area contributed by atoms with Crippen molar-refractivity contribution in [3.8, 4) is 0 Å². The second kappa shape index (κ2) is 22.2. The van der Waals surface area contributed by atoms with Crippen LogP contribution < -0.4 is 31.9 Å². The molecule has 0 amide bonds. The minimum Gasteiger partial charge on any atom is -0.315 e. The van der Waals surface area contributed by atoms with Crippen LogP contribution in [0, 0.1) is 0 Å². The molecule has 0 aromatic heterocycles. The van der Waals surface area contributed by atoms with Crippen LogP contribution in [0.25, 0.3) is 0 Å². The van der Waals surface area contributed by atoms with Gasteiger partial charge in [0, 0.05) is 65.4 Å². The van der Waals surface area contributed by atoms with E-state index < -0.39 is 0 Å². The lowest BCUT2D eigenvalue weighted by atomic mass is 10.1. The van der Waals surface area contributed by atoms with Crippen molar-refractivity contribution < 1.29 is 0 Å². The van der Waals surface area contributed by atoms with Gasteiger partial charge in [-0.3, -0.25) is 9.80 Å². The molecule has 0 atom stereocenters. The first kappa shape index (κ1) is 32.6. The summed E-state index contributed by atoms with van der Waals surface area (Å²) < 4.78 is 0. The van der Waals surface area contributed by atoms with Gasteiger partial charge in [0.05, 0.1) is 0 Å². The van der Waals surface area contributed by atoms with Crippen LogP contribution in [-0.4, -0.2) is 115 Å². The van der Waals surface area contributed by atoms with Gasteiger partial charge >= 0.3 is 0 Å². The molecule has 0 spiro atoms. The zero-order chi connectivity index (χ0) is 24.9. The summed E-state index contributed by atoms with van der Waals surface area (Å²) >= 11 is 0. The maximum atomic E-state index is 3.63. The van der Waals surface area contributed by atoms with Crippen LogP contribution in [0.2, 0.25) is 0 Å². The second-order valence-electron chi connectivity index (χ2n) is 10.3. The van der Waals surface area contributed by atoms with E-state index in [2.05, 4.69) is 66.0 Å². The van der Waals surface area contributed by atoms with Crippen molar-refractivity contribution in [3.63, 3.8) is 0 Å². The van der Waals surface area contributed by atoms with Crippen molar-refractivity contribution in [2.75, 3.05) is 105 Å². The third-order valence-electron chi connectivity index (χ3n) is 7.07. The zero-order valence-electron chi connectivity index (χ0n) is 23.2. The Morgan fingerprint density at radius 1 is 0.405 bits per heavy atom. The molecule has 2 aliphatic heterocycles. The fourth-order valence-corrected chi connectivity index (χ4v) is 4.92. The topological polar surface area (TPSA) is 78.7 Å². The summed E-state index contributed by atoms with van der Waals surface area (Å²) in [6.07, 6.45) is 4.80. The van der Waals surface area contributed by atoms with Crippen molar-refractivity contribution in [1.82, 2.24) is 41.7 Å². The Morgan fingerprint density at radius 3 is 1.11 bits per heavy atom. The van der Waals surface area contributed by atoms with E-state index in [4.69, 9.17) is 0 Å². The fraction of sp³-hybridized carbons (Fsp3) is 0.786. The molecule has 1 aromatic rings. The quantitative estimate of drug-likeness (QED) is 0.314. The third-order valence-corrected chi connectivity index (χ3v) is 7.07. The smallest absolute Gasteiger partial charge is 0.0234 e. The summed E-state index contributed by atoms with van der Waals surface area (Å²) in [6, 6.07) is 9.42. The summed E-state index contributed by atoms with van der Waals surface area (Å²) in [7, 11) is 0. The van der Waals surface area contributed by atoms with Gasteiger partial charge in [0.25, 0.3) is 0 Å². The Hall–Kier alpha value is -0.620. The third kappa shape index (κ3) is 16.2. The molecule has 0 radical (unpaired) electrons. The molecule has 0 unspecified atom stereocenters. The molecule has 0 saturated carbocycles. The number of hydrogen-bond acceptors (Lipinski definition) is 8. The monoisotopic (exact) mass is 582 g/mol. The first-order valence-electron chi connectivity index (χ1n) is 14.7. The van der Waals surface area contributed by atoms with Crippen molar-refractivity contribution in [3.05, 3.63) is 35.4 Å². The number of hydrogen-bond donors (Lipinski definition) is 6. The molecule has 9 heteroatoms. The summed E-state index contributed by atoms with van der Waals surface area (Å²) in [5.41, 5.74) is 2.86. The van der Waals surface area contributed by atoms with Crippen LogP contribution >= 0.6 is 17.0 Å². The van der Waals surface area contributed by atoms with Gasteiger partial charge in [0.1, 0.15) is 0 Å². The Kier molecular flexibility index (Phi) is 19.6. The maximum Gasteiger partial charge on any atom is 0.0234 e. The number of halogens is 1. The Bertz CT molecular complexity index is 565. The number of rotatable bonds is 4. The van der Waals surface area contributed by atoms with Crippen LogP contribution in [-0.2, 0) is 13.1 Å².